The van der Waals surface area contributed by atoms with E-state index in [2.05, 4.69) is 52.5 Å². The summed E-state index contributed by atoms with van der Waals surface area (Å²) in [7, 11) is -0.559. The van der Waals surface area contributed by atoms with Crippen LogP contribution in [0.2, 0.25) is 0 Å². The quantitative estimate of drug-likeness (QED) is 0.323. The molecular formula is C28H36N4O4S2. The fourth-order valence-corrected chi connectivity index (χ4v) is 6.51. The summed E-state index contributed by atoms with van der Waals surface area (Å²) in [5, 5.41) is 13.5. The lowest BCUT2D eigenvalue weighted by molar-refractivity contribution is 0.132. The van der Waals surface area contributed by atoms with E-state index >= 15 is 0 Å². The minimum atomic E-state index is -3.80. The molecule has 4 rings (SSSR count). The number of ether oxygens (including phenoxy) is 2. The highest BCUT2D eigenvalue weighted by Gasteiger charge is 2.20. The van der Waals surface area contributed by atoms with Crippen LogP contribution in [0, 0.1) is 11.8 Å². The molecule has 0 unspecified atom stereocenters. The minimum absolute atomic E-state index is 0.00454. The van der Waals surface area contributed by atoms with E-state index in [1.54, 1.807) is 24.5 Å². The lowest BCUT2D eigenvalue weighted by Gasteiger charge is -2.32. The number of sulfonamides is 1. The van der Waals surface area contributed by atoms with Crippen molar-refractivity contribution in [3.05, 3.63) is 46.8 Å². The molecule has 204 valence electrons. The number of primary sulfonamides is 1. The first-order valence-corrected chi connectivity index (χ1v) is 15.2. The average molecular weight is 557 g/mol. The molecule has 0 saturated carbocycles. The molecule has 1 saturated heterocycles. The number of fused-ring (bicyclic) bond motifs is 1. The second-order valence-electron chi connectivity index (χ2n) is 9.26. The van der Waals surface area contributed by atoms with Crippen LogP contribution in [0.3, 0.4) is 0 Å². The van der Waals surface area contributed by atoms with E-state index in [0.717, 1.165) is 50.4 Å². The van der Waals surface area contributed by atoms with Crippen molar-refractivity contribution < 1.29 is 17.9 Å². The van der Waals surface area contributed by atoms with Crippen LogP contribution < -0.4 is 20.5 Å². The van der Waals surface area contributed by atoms with Gasteiger partial charge in [-0.1, -0.05) is 30.9 Å². The number of piperidine rings is 1. The standard InChI is InChI=1S/C28H36N4O4S2/c1-4-22-23-7-5-8-25(31-20-12-15-32(16-13-20)17-18-35-2)28(23)37-27(22)9-6-14-30-24-11-10-21(38(29,33)34)19-26(24)36-3/h5,7-8,10-11,19-20,30-31H,4,12-18H2,1-3H3,(H2,29,33,34). The van der Waals surface area contributed by atoms with E-state index in [4.69, 9.17) is 14.6 Å². The Morgan fingerprint density at radius 3 is 2.63 bits per heavy atom. The first-order chi connectivity index (χ1) is 18.3. The number of thiophene rings is 1. The van der Waals surface area contributed by atoms with E-state index in [9.17, 15) is 8.42 Å². The molecule has 0 amide bonds. The van der Waals surface area contributed by atoms with Crippen molar-refractivity contribution in [1.82, 2.24) is 4.90 Å². The molecule has 1 aliphatic heterocycles. The van der Waals surface area contributed by atoms with Gasteiger partial charge in [-0.2, -0.15) is 0 Å². The third-order valence-electron chi connectivity index (χ3n) is 6.80. The molecule has 0 spiro atoms. The zero-order valence-corrected chi connectivity index (χ0v) is 23.8. The molecule has 38 heavy (non-hydrogen) atoms. The third-order valence-corrected chi connectivity index (χ3v) is 8.91. The fourth-order valence-electron chi connectivity index (χ4n) is 4.74. The molecule has 2 heterocycles. The van der Waals surface area contributed by atoms with Gasteiger partial charge in [0, 0.05) is 38.9 Å². The summed E-state index contributed by atoms with van der Waals surface area (Å²) in [6.07, 6.45) is 3.14. The number of nitrogens with two attached hydrogens (primary N) is 1. The normalized spacial score (nSPS) is 14.7. The van der Waals surface area contributed by atoms with Gasteiger partial charge in [-0.15, -0.1) is 11.3 Å². The molecule has 3 aromatic rings. The second-order valence-corrected chi connectivity index (χ2v) is 11.8. The van der Waals surface area contributed by atoms with Crippen molar-refractivity contribution in [3.63, 3.8) is 0 Å². The Kier molecular flexibility index (Phi) is 9.52. The van der Waals surface area contributed by atoms with E-state index in [1.165, 1.54) is 40.6 Å². The van der Waals surface area contributed by atoms with Gasteiger partial charge in [0.05, 0.1) is 46.1 Å². The van der Waals surface area contributed by atoms with Crippen molar-refractivity contribution in [3.8, 4) is 17.6 Å². The summed E-state index contributed by atoms with van der Waals surface area (Å²) < 4.78 is 35.0. The van der Waals surface area contributed by atoms with E-state index in [-0.39, 0.29) is 4.90 Å². The SMILES string of the molecule is CCc1c(C#CCNc2ccc(S(N)(=O)=O)cc2OC)sc2c(NC3CCN(CCOC)CC3)cccc12. The fraction of sp³-hybridized carbons (Fsp3) is 0.429. The van der Waals surface area contributed by atoms with E-state index in [0.29, 0.717) is 24.0 Å². The molecule has 2 aromatic carbocycles. The van der Waals surface area contributed by atoms with Crippen molar-refractivity contribution in [1.29, 1.82) is 0 Å². The lowest BCUT2D eigenvalue weighted by atomic mass is 10.0. The summed E-state index contributed by atoms with van der Waals surface area (Å²) in [4.78, 5) is 3.54. The number of methoxy groups -OCH3 is 2. The van der Waals surface area contributed by atoms with Crippen LogP contribution in [0.15, 0.2) is 41.3 Å². The summed E-state index contributed by atoms with van der Waals surface area (Å²) >= 11 is 1.74. The highest BCUT2D eigenvalue weighted by molar-refractivity contribution is 7.89. The van der Waals surface area contributed by atoms with Gasteiger partial charge in [0.2, 0.25) is 10.0 Å². The molecule has 10 heteroatoms. The van der Waals surface area contributed by atoms with Crippen LogP contribution in [-0.4, -0.2) is 66.4 Å². The molecule has 8 nitrogen and oxygen atoms in total. The van der Waals surface area contributed by atoms with Crippen LogP contribution in [0.4, 0.5) is 11.4 Å². The predicted molar refractivity (Wildman–Crippen MR) is 156 cm³/mol. The molecule has 1 fully saturated rings. The Bertz CT molecular complexity index is 1420. The van der Waals surface area contributed by atoms with Gasteiger partial charge in [-0.3, -0.25) is 0 Å². The maximum absolute atomic E-state index is 11.6. The summed E-state index contributed by atoms with van der Waals surface area (Å²) in [6.45, 7) is 6.49. The van der Waals surface area contributed by atoms with Crippen LogP contribution in [0.25, 0.3) is 10.1 Å². The van der Waals surface area contributed by atoms with Crippen LogP contribution in [0.1, 0.15) is 30.2 Å². The van der Waals surface area contributed by atoms with Gasteiger partial charge in [0.15, 0.2) is 0 Å². The number of hydrogen-bond acceptors (Lipinski definition) is 8. The summed E-state index contributed by atoms with van der Waals surface area (Å²) in [5.74, 6) is 6.97. The average Bonchev–Trinajstić information content (AvgIpc) is 3.28. The number of benzene rings is 2. The molecule has 0 aliphatic carbocycles. The van der Waals surface area contributed by atoms with Gasteiger partial charge in [0.25, 0.3) is 0 Å². The predicted octanol–water partition coefficient (Wildman–Crippen LogP) is 4.11. The highest BCUT2D eigenvalue weighted by atomic mass is 32.2. The number of anilines is 2. The van der Waals surface area contributed by atoms with Crippen LogP contribution >= 0.6 is 11.3 Å². The van der Waals surface area contributed by atoms with Crippen LogP contribution in [-0.2, 0) is 21.2 Å². The van der Waals surface area contributed by atoms with Crippen molar-refractivity contribution in [2.45, 2.75) is 37.1 Å². The zero-order valence-electron chi connectivity index (χ0n) is 22.2. The molecule has 1 aliphatic rings. The topological polar surface area (TPSA) is 106 Å². The smallest absolute Gasteiger partial charge is 0.238 e. The Morgan fingerprint density at radius 2 is 1.95 bits per heavy atom. The minimum Gasteiger partial charge on any atom is -0.495 e. The Hall–Kier alpha value is -2.81. The number of nitrogens with zero attached hydrogens (tertiary/aromatic N) is 1. The van der Waals surface area contributed by atoms with Crippen molar-refractivity contribution in [2.24, 2.45) is 5.14 Å². The number of aryl methyl sites for hydroxylation is 1. The number of likely N-dealkylation sites (tertiary alicyclic amines) is 1. The summed E-state index contributed by atoms with van der Waals surface area (Å²) in [6, 6.07) is 11.4. The van der Waals surface area contributed by atoms with Crippen LogP contribution in [0.5, 0.6) is 5.75 Å². The Balaban J connectivity index is 1.46. The lowest BCUT2D eigenvalue weighted by Crippen LogP contribution is -2.40. The molecule has 1 aromatic heterocycles. The van der Waals surface area contributed by atoms with Crippen molar-refractivity contribution in [2.75, 3.05) is 57.6 Å². The largest absolute Gasteiger partial charge is 0.495 e. The monoisotopic (exact) mass is 556 g/mol. The first-order valence-electron chi connectivity index (χ1n) is 12.8. The molecule has 0 radical (unpaired) electrons. The number of hydrogen-bond donors (Lipinski definition) is 3. The maximum atomic E-state index is 11.6. The molecule has 0 bridgehead atoms. The number of rotatable bonds is 10. The third kappa shape index (κ3) is 6.79. The van der Waals surface area contributed by atoms with E-state index < -0.39 is 10.0 Å². The van der Waals surface area contributed by atoms with Crippen molar-refractivity contribution >= 4 is 42.8 Å². The molecular weight excluding hydrogens is 520 g/mol. The Morgan fingerprint density at radius 1 is 1.16 bits per heavy atom. The van der Waals surface area contributed by atoms with Gasteiger partial charge >= 0.3 is 0 Å². The van der Waals surface area contributed by atoms with Gasteiger partial charge in [0.1, 0.15) is 5.75 Å². The molecule has 4 N–H and O–H groups in total. The summed E-state index contributed by atoms with van der Waals surface area (Å²) in [5.41, 5.74) is 3.11. The van der Waals surface area contributed by atoms with Gasteiger partial charge in [-0.05, 0) is 48.4 Å². The Labute approximate surface area is 229 Å². The molecule has 0 atom stereocenters. The second kappa shape index (κ2) is 12.8. The zero-order chi connectivity index (χ0) is 27.1. The maximum Gasteiger partial charge on any atom is 0.238 e. The van der Waals surface area contributed by atoms with E-state index in [1.807, 2.05) is 0 Å². The van der Waals surface area contributed by atoms with Gasteiger partial charge < -0.3 is 25.0 Å². The number of nitrogens with one attached hydrogen (secondary N) is 2. The highest BCUT2D eigenvalue weighted by Crippen LogP contribution is 2.37. The first kappa shape index (κ1) is 28.2. The van der Waals surface area contributed by atoms with Gasteiger partial charge in [-0.25, -0.2) is 13.6 Å².